The third kappa shape index (κ3) is 2.68. The van der Waals surface area contributed by atoms with Crippen molar-refractivity contribution in [2.75, 3.05) is 31.1 Å². The second kappa shape index (κ2) is 6.01. The molecular weight excluding hydrogens is 286 g/mol. The Morgan fingerprint density at radius 3 is 2.61 bits per heavy atom. The van der Waals surface area contributed by atoms with Crippen LogP contribution < -0.4 is 10.2 Å². The molecule has 1 aliphatic heterocycles. The van der Waals surface area contributed by atoms with Gasteiger partial charge in [0.1, 0.15) is 5.82 Å². The molecule has 0 amide bonds. The Labute approximate surface area is 136 Å². The van der Waals surface area contributed by atoms with Crippen LogP contribution in [0.5, 0.6) is 0 Å². The van der Waals surface area contributed by atoms with E-state index >= 15 is 0 Å². The predicted octanol–water partition coefficient (Wildman–Crippen LogP) is 2.37. The molecule has 0 bridgehead atoms. The lowest BCUT2D eigenvalue weighted by atomic mass is 10.2. The smallest absolute Gasteiger partial charge is 0.158 e. The van der Waals surface area contributed by atoms with Crippen molar-refractivity contribution in [1.29, 1.82) is 0 Å². The van der Waals surface area contributed by atoms with E-state index < -0.39 is 0 Å². The maximum Gasteiger partial charge on any atom is 0.158 e. The molecule has 1 N–H and O–H groups in total. The summed E-state index contributed by atoms with van der Waals surface area (Å²) in [6, 6.07) is 14.6. The lowest BCUT2D eigenvalue weighted by Gasteiger charge is -2.29. The van der Waals surface area contributed by atoms with Gasteiger partial charge in [-0.1, -0.05) is 37.3 Å². The zero-order valence-corrected chi connectivity index (χ0v) is 13.4. The molecule has 118 valence electrons. The predicted molar refractivity (Wildman–Crippen MR) is 92.9 cm³/mol. The Kier molecular flexibility index (Phi) is 3.71. The number of aryl methyl sites for hydroxylation is 1. The van der Waals surface area contributed by atoms with Crippen molar-refractivity contribution in [3.63, 3.8) is 0 Å². The van der Waals surface area contributed by atoms with E-state index in [-0.39, 0.29) is 0 Å². The summed E-state index contributed by atoms with van der Waals surface area (Å²) in [6.45, 7) is 6.18. The fraction of sp³-hybridized carbons (Fsp3) is 0.333. The summed E-state index contributed by atoms with van der Waals surface area (Å²) < 4.78 is 1.99. The number of fused-ring (bicyclic) bond motifs is 1. The van der Waals surface area contributed by atoms with E-state index in [0.717, 1.165) is 61.0 Å². The van der Waals surface area contributed by atoms with Gasteiger partial charge in [-0.15, -0.1) is 0 Å². The number of hydrogen-bond acceptors (Lipinski definition) is 4. The molecule has 0 saturated carbocycles. The van der Waals surface area contributed by atoms with Crippen molar-refractivity contribution in [2.24, 2.45) is 0 Å². The van der Waals surface area contributed by atoms with E-state index in [9.17, 15) is 0 Å². The number of anilines is 1. The third-order valence-electron chi connectivity index (χ3n) is 4.33. The number of benzene rings is 1. The zero-order chi connectivity index (χ0) is 15.6. The van der Waals surface area contributed by atoms with Crippen molar-refractivity contribution in [2.45, 2.75) is 13.3 Å². The highest BCUT2D eigenvalue weighted by Crippen LogP contribution is 2.24. The number of hydrogen-bond donors (Lipinski definition) is 1. The Morgan fingerprint density at radius 1 is 1.09 bits per heavy atom. The molecule has 0 radical (unpaired) electrons. The number of rotatable bonds is 3. The summed E-state index contributed by atoms with van der Waals surface area (Å²) in [5, 5.41) is 8.23. The molecule has 0 spiro atoms. The van der Waals surface area contributed by atoms with Crippen LogP contribution in [-0.2, 0) is 6.42 Å². The van der Waals surface area contributed by atoms with Gasteiger partial charge >= 0.3 is 0 Å². The van der Waals surface area contributed by atoms with E-state index in [1.807, 2.05) is 22.7 Å². The molecule has 0 aliphatic carbocycles. The fourth-order valence-corrected chi connectivity index (χ4v) is 3.06. The highest BCUT2D eigenvalue weighted by molar-refractivity contribution is 5.66. The second-order valence-electron chi connectivity index (χ2n) is 5.86. The van der Waals surface area contributed by atoms with Crippen molar-refractivity contribution in [1.82, 2.24) is 19.9 Å². The van der Waals surface area contributed by atoms with E-state index in [1.165, 1.54) is 0 Å². The van der Waals surface area contributed by atoms with Crippen LogP contribution >= 0.6 is 0 Å². The standard InChI is InChI=1S/C18H21N5/c1-2-15-12-18(22-10-8-19-9-11-22)23-17(20-15)13-16(21-23)14-6-4-3-5-7-14/h3-7,12-13,19H,2,8-11H2,1H3. The molecule has 1 saturated heterocycles. The molecule has 3 aromatic rings. The first kappa shape index (κ1) is 14.2. The van der Waals surface area contributed by atoms with Gasteiger partial charge < -0.3 is 10.2 Å². The molecule has 0 atom stereocenters. The summed E-state index contributed by atoms with van der Waals surface area (Å²) in [6.07, 6.45) is 0.932. The van der Waals surface area contributed by atoms with Crippen molar-refractivity contribution in [3.05, 3.63) is 48.2 Å². The van der Waals surface area contributed by atoms with Gasteiger partial charge in [-0.2, -0.15) is 9.61 Å². The van der Waals surface area contributed by atoms with Crippen LogP contribution in [-0.4, -0.2) is 40.8 Å². The molecule has 3 heterocycles. The number of aromatic nitrogens is 3. The van der Waals surface area contributed by atoms with Crippen molar-refractivity contribution in [3.8, 4) is 11.3 Å². The summed E-state index contributed by atoms with van der Waals surface area (Å²) in [7, 11) is 0. The van der Waals surface area contributed by atoms with Gasteiger partial charge in [-0.3, -0.25) is 0 Å². The van der Waals surface area contributed by atoms with Gasteiger partial charge in [0.25, 0.3) is 0 Å². The maximum absolute atomic E-state index is 4.83. The first-order valence-corrected chi connectivity index (χ1v) is 8.26. The largest absolute Gasteiger partial charge is 0.354 e. The fourth-order valence-electron chi connectivity index (χ4n) is 3.06. The second-order valence-corrected chi connectivity index (χ2v) is 5.86. The van der Waals surface area contributed by atoms with Crippen LogP contribution in [0, 0.1) is 0 Å². The average molecular weight is 307 g/mol. The van der Waals surface area contributed by atoms with Crippen LogP contribution in [0.1, 0.15) is 12.6 Å². The quantitative estimate of drug-likeness (QED) is 0.807. The van der Waals surface area contributed by atoms with Gasteiger partial charge in [0.15, 0.2) is 5.65 Å². The van der Waals surface area contributed by atoms with Gasteiger partial charge in [0.05, 0.1) is 5.69 Å². The molecule has 1 fully saturated rings. The molecule has 2 aromatic heterocycles. The molecule has 1 aromatic carbocycles. The van der Waals surface area contributed by atoms with Gasteiger partial charge in [0, 0.05) is 49.6 Å². The topological polar surface area (TPSA) is 45.5 Å². The Morgan fingerprint density at radius 2 is 1.87 bits per heavy atom. The minimum absolute atomic E-state index is 0.928. The van der Waals surface area contributed by atoms with Crippen LogP contribution in [0.25, 0.3) is 16.9 Å². The van der Waals surface area contributed by atoms with E-state index in [1.54, 1.807) is 0 Å². The minimum atomic E-state index is 0.928. The monoisotopic (exact) mass is 307 g/mol. The lowest BCUT2D eigenvalue weighted by molar-refractivity contribution is 0.579. The molecule has 5 heteroatoms. The minimum Gasteiger partial charge on any atom is -0.354 e. The number of nitrogens with one attached hydrogen (secondary N) is 1. The molecule has 0 unspecified atom stereocenters. The Bertz CT molecular complexity index is 803. The van der Waals surface area contributed by atoms with Crippen LogP contribution in [0.4, 0.5) is 5.82 Å². The lowest BCUT2D eigenvalue weighted by Crippen LogP contribution is -2.44. The van der Waals surface area contributed by atoms with Crippen LogP contribution in [0.3, 0.4) is 0 Å². The first-order valence-electron chi connectivity index (χ1n) is 8.26. The SMILES string of the molecule is CCc1cc(N2CCNCC2)n2nc(-c3ccccc3)cc2n1. The van der Waals surface area contributed by atoms with Gasteiger partial charge in [-0.05, 0) is 6.42 Å². The van der Waals surface area contributed by atoms with Crippen molar-refractivity contribution >= 4 is 11.5 Å². The number of piperazine rings is 1. The van der Waals surface area contributed by atoms with Crippen LogP contribution in [0.2, 0.25) is 0 Å². The van der Waals surface area contributed by atoms with Gasteiger partial charge in [0.2, 0.25) is 0 Å². The normalized spacial score (nSPS) is 15.3. The summed E-state index contributed by atoms with van der Waals surface area (Å²) in [4.78, 5) is 7.15. The number of nitrogens with zero attached hydrogens (tertiary/aromatic N) is 4. The molecule has 23 heavy (non-hydrogen) atoms. The summed E-state index contributed by atoms with van der Waals surface area (Å²) in [5.41, 5.74) is 4.15. The van der Waals surface area contributed by atoms with E-state index in [2.05, 4.69) is 41.4 Å². The average Bonchev–Trinajstić information content (AvgIpc) is 3.06. The molecule has 5 nitrogen and oxygen atoms in total. The van der Waals surface area contributed by atoms with Crippen molar-refractivity contribution < 1.29 is 0 Å². The Balaban J connectivity index is 1.85. The zero-order valence-electron chi connectivity index (χ0n) is 13.4. The molecular formula is C18H21N5. The third-order valence-corrected chi connectivity index (χ3v) is 4.33. The van der Waals surface area contributed by atoms with E-state index in [4.69, 9.17) is 10.1 Å². The maximum atomic E-state index is 4.83. The molecule has 1 aliphatic rings. The Hall–Kier alpha value is -2.40. The summed E-state index contributed by atoms with van der Waals surface area (Å²) >= 11 is 0. The van der Waals surface area contributed by atoms with E-state index in [0.29, 0.717) is 0 Å². The first-order chi connectivity index (χ1) is 11.3. The summed E-state index contributed by atoms with van der Waals surface area (Å²) in [5.74, 6) is 1.15. The highest BCUT2D eigenvalue weighted by atomic mass is 15.4. The highest BCUT2D eigenvalue weighted by Gasteiger charge is 2.17. The van der Waals surface area contributed by atoms with Crippen LogP contribution in [0.15, 0.2) is 42.5 Å². The van der Waals surface area contributed by atoms with Gasteiger partial charge in [-0.25, -0.2) is 4.98 Å². The molecule has 4 rings (SSSR count).